The number of esters is 1. The molecule has 0 radical (unpaired) electrons. The maximum absolute atomic E-state index is 11.2. The SMILES string of the molecule is COCC=C(C)CCC=C(C)COC(=O)C=CC(C)=O. The lowest BCUT2D eigenvalue weighted by molar-refractivity contribution is -0.137. The highest BCUT2D eigenvalue weighted by molar-refractivity contribution is 5.94. The van der Waals surface area contributed by atoms with Crippen molar-refractivity contribution in [3.63, 3.8) is 0 Å². The van der Waals surface area contributed by atoms with Gasteiger partial charge in [-0.3, -0.25) is 4.79 Å². The van der Waals surface area contributed by atoms with E-state index in [0.717, 1.165) is 24.5 Å². The molecule has 0 bridgehead atoms. The Bertz CT molecular complexity index is 403. The van der Waals surface area contributed by atoms with Crippen molar-refractivity contribution in [3.8, 4) is 0 Å². The number of carbonyl (C=O) groups excluding carboxylic acids is 2. The van der Waals surface area contributed by atoms with E-state index in [9.17, 15) is 9.59 Å². The molecule has 0 saturated heterocycles. The minimum Gasteiger partial charge on any atom is -0.458 e. The highest BCUT2D eigenvalue weighted by atomic mass is 16.5. The molecule has 4 nitrogen and oxygen atoms in total. The average molecular weight is 280 g/mol. The first-order valence-corrected chi connectivity index (χ1v) is 6.61. The minimum atomic E-state index is -0.496. The Morgan fingerprint density at radius 3 is 2.30 bits per heavy atom. The van der Waals surface area contributed by atoms with Crippen LogP contribution in [0.3, 0.4) is 0 Å². The van der Waals surface area contributed by atoms with Gasteiger partial charge >= 0.3 is 5.97 Å². The molecule has 112 valence electrons. The first kappa shape index (κ1) is 18.3. The van der Waals surface area contributed by atoms with Crippen molar-refractivity contribution >= 4 is 11.8 Å². The van der Waals surface area contributed by atoms with E-state index < -0.39 is 5.97 Å². The molecule has 0 rings (SSSR count). The van der Waals surface area contributed by atoms with Crippen molar-refractivity contribution < 1.29 is 19.1 Å². The van der Waals surface area contributed by atoms with Crippen LogP contribution in [-0.2, 0) is 19.1 Å². The molecule has 0 aromatic rings. The standard InChI is InChI=1S/C16H24O4/c1-13(10-11-19-4)6-5-7-14(2)12-20-16(18)9-8-15(3)17/h7-10H,5-6,11-12H2,1-4H3. The van der Waals surface area contributed by atoms with Crippen LogP contribution in [0.5, 0.6) is 0 Å². The number of ketones is 1. The molecule has 0 unspecified atom stereocenters. The van der Waals surface area contributed by atoms with E-state index in [1.807, 2.05) is 13.0 Å². The van der Waals surface area contributed by atoms with Crippen LogP contribution in [0.25, 0.3) is 0 Å². The lowest BCUT2D eigenvalue weighted by atomic mass is 10.1. The van der Waals surface area contributed by atoms with E-state index in [2.05, 4.69) is 13.0 Å². The van der Waals surface area contributed by atoms with Gasteiger partial charge < -0.3 is 9.47 Å². The predicted octanol–water partition coefficient (Wildman–Crippen LogP) is 2.99. The number of carbonyl (C=O) groups is 2. The van der Waals surface area contributed by atoms with Gasteiger partial charge in [0, 0.05) is 13.2 Å². The number of ether oxygens (including phenoxy) is 2. The van der Waals surface area contributed by atoms with Crippen LogP contribution in [0.15, 0.2) is 35.5 Å². The van der Waals surface area contributed by atoms with Crippen molar-refractivity contribution in [1.82, 2.24) is 0 Å². The molecule has 0 N–H and O–H groups in total. The molecule has 0 aromatic carbocycles. The van der Waals surface area contributed by atoms with Crippen LogP contribution in [0.2, 0.25) is 0 Å². The maximum atomic E-state index is 11.2. The number of hydrogen-bond acceptors (Lipinski definition) is 4. The third-order valence-corrected chi connectivity index (χ3v) is 2.53. The quantitative estimate of drug-likeness (QED) is 0.370. The van der Waals surface area contributed by atoms with Crippen molar-refractivity contribution in [2.24, 2.45) is 0 Å². The summed E-state index contributed by atoms with van der Waals surface area (Å²) >= 11 is 0. The second-order valence-corrected chi connectivity index (χ2v) is 4.65. The van der Waals surface area contributed by atoms with Gasteiger partial charge in [0.05, 0.1) is 6.61 Å². The maximum Gasteiger partial charge on any atom is 0.331 e. The summed E-state index contributed by atoms with van der Waals surface area (Å²) in [5.74, 6) is -0.670. The van der Waals surface area contributed by atoms with E-state index in [-0.39, 0.29) is 12.4 Å². The fourth-order valence-corrected chi connectivity index (χ4v) is 1.35. The molecular formula is C16H24O4. The number of rotatable bonds is 9. The van der Waals surface area contributed by atoms with Crippen molar-refractivity contribution in [1.29, 1.82) is 0 Å². The van der Waals surface area contributed by atoms with Gasteiger partial charge in [0.25, 0.3) is 0 Å². The van der Waals surface area contributed by atoms with Gasteiger partial charge in [0.2, 0.25) is 0 Å². The first-order chi connectivity index (χ1) is 9.45. The van der Waals surface area contributed by atoms with E-state index in [1.165, 1.54) is 18.6 Å². The summed E-state index contributed by atoms with van der Waals surface area (Å²) in [7, 11) is 1.67. The lowest BCUT2D eigenvalue weighted by Crippen LogP contribution is -2.03. The fraction of sp³-hybridized carbons (Fsp3) is 0.500. The normalized spacial score (nSPS) is 12.8. The van der Waals surface area contributed by atoms with Gasteiger partial charge in [-0.2, -0.15) is 0 Å². The summed E-state index contributed by atoms with van der Waals surface area (Å²) in [6.07, 6.45) is 8.30. The minimum absolute atomic E-state index is 0.174. The molecule has 0 saturated carbocycles. The van der Waals surface area contributed by atoms with E-state index in [4.69, 9.17) is 9.47 Å². The zero-order valence-corrected chi connectivity index (χ0v) is 12.8. The Labute approximate surface area is 121 Å². The van der Waals surface area contributed by atoms with Crippen LogP contribution >= 0.6 is 0 Å². The van der Waals surface area contributed by atoms with Crippen LogP contribution in [-0.4, -0.2) is 32.1 Å². The van der Waals surface area contributed by atoms with Gasteiger partial charge in [-0.25, -0.2) is 4.79 Å². The van der Waals surface area contributed by atoms with Crippen molar-refractivity contribution in [2.75, 3.05) is 20.3 Å². The molecule has 0 amide bonds. The van der Waals surface area contributed by atoms with E-state index >= 15 is 0 Å². The summed E-state index contributed by atoms with van der Waals surface area (Å²) in [6.45, 7) is 6.25. The Hall–Kier alpha value is -1.68. The van der Waals surface area contributed by atoms with Crippen molar-refractivity contribution in [2.45, 2.75) is 33.6 Å². The molecular weight excluding hydrogens is 256 g/mol. The summed E-state index contributed by atoms with van der Waals surface area (Å²) < 4.78 is 9.96. The summed E-state index contributed by atoms with van der Waals surface area (Å²) in [5, 5.41) is 0. The highest BCUT2D eigenvalue weighted by Gasteiger charge is 1.98. The van der Waals surface area contributed by atoms with Crippen LogP contribution in [0, 0.1) is 0 Å². The molecule has 0 fully saturated rings. The van der Waals surface area contributed by atoms with Crippen molar-refractivity contribution in [3.05, 3.63) is 35.5 Å². The van der Waals surface area contributed by atoms with Crippen LogP contribution < -0.4 is 0 Å². The topological polar surface area (TPSA) is 52.6 Å². The third-order valence-electron chi connectivity index (χ3n) is 2.53. The second-order valence-electron chi connectivity index (χ2n) is 4.65. The van der Waals surface area contributed by atoms with Gasteiger partial charge in [-0.1, -0.05) is 17.7 Å². The predicted molar refractivity (Wildman–Crippen MR) is 79.4 cm³/mol. The third kappa shape index (κ3) is 11.4. The van der Waals surface area contributed by atoms with Gasteiger partial charge in [0.15, 0.2) is 5.78 Å². The Morgan fingerprint density at radius 1 is 1.00 bits per heavy atom. The number of methoxy groups -OCH3 is 1. The van der Waals surface area contributed by atoms with E-state index in [0.29, 0.717) is 6.61 Å². The summed E-state index contributed by atoms with van der Waals surface area (Å²) in [6, 6.07) is 0. The fourth-order valence-electron chi connectivity index (χ4n) is 1.35. The molecule has 0 aliphatic carbocycles. The monoisotopic (exact) mass is 280 g/mol. The molecule has 0 atom stereocenters. The Balaban J connectivity index is 3.97. The summed E-state index contributed by atoms with van der Waals surface area (Å²) in [4.78, 5) is 21.9. The van der Waals surface area contributed by atoms with Gasteiger partial charge in [-0.05, 0) is 45.3 Å². The molecule has 0 aliphatic rings. The second kappa shape index (κ2) is 11.2. The average Bonchev–Trinajstić information content (AvgIpc) is 2.40. The molecule has 20 heavy (non-hydrogen) atoms. The molecule has 0 spiro atoms. The molecule has 0 heterocycles. The smallest absolute Gasteiger partial charge is 0.331 e. The summed E-state index contributed by atoms with van der Waals surface area (Å²) in [5.41, 5.74) is 2.27. The Kier molecular flexibility index (Phi) is 10.2. The number of hydrogen-bond donors (Lipinski definition) is 0. The first-order valence-electron chi connectivity index (χ1n) is 6.61. The molecule has 4 heteroatoms. The lowest BCUT2D eigenvalue weighted by Gasteiger charge is -2.03. The van der Waals surface area contributed by atoms with E-state index in [1.54, 1.807) is 7.11 Å². The highest BCUT2D eigenvalue weighted by Crippen LogP contribution is 2.07. The van der Waals surface area contributed by atoms with Gasteiger partial charge in [-0.15, -0.1) is 0 Å². The zero-order chi connectivity index (χ0) is 15.4. The van der Waals surface area contributed by atoms with Crippen LogP contribution in [0.4, 0.5) is 0 Å². The molecule has 0 aromatic heterocycles. The van der Waals surface area contributed by atoms with Crippen LogP contribution in [0.1, 0.15) is 33.6 Å². The Morgan fingerprint density at radius 2 is 1.70 bits per heavy atom. The molecule has 0 aliphatic heterocycles. The number of allylic oxidation sites excluding steroid dienone is 3. The largest absolute Gasteiger partial charge is 0.458 e. The van der Waals surface area contributed by atoms with Gasteiger partial charge in [0.1, 0.15) is 6.61 Å². The zero-order valence-electron chi connectivity index (χ0n) is 12.8.